The number of aliphatic imine (C=N–C) groups is 1. The van der Waals surface area contributed by atoms with Gasteiger partial charge >= 0.3 is 5.97 Å². The molecule has 1 atom stereocenters. The Balaban J connectivity index is 1.70. The number of aromatic nitrogens is 3. The SMILES string of the molecule is COC(=O)C[C@@H]1N=C(c2ccc(-c3ccsc3)cc2)c2c(sc(C)c2C)-n2c(C)nnc21. The molecule has 0 aliphatic carbocycles. The fourth-order valence-corrected chi connectivity index (χ4v) is 5.89. The number of hydrogen-bond acceptors (Lipinski definition) is 7. The molecule has 0 saturated heterocycles. The lowest BCUT2D eigenvalue weighted by molar-refractivity contribution is -0.141. The maximum Gasteiger partial charge on any atom is 0.308 e. The predicted molar refractivity (Wildman–Crippen MR) is 128 cm³/mol. The summed E-state index contributed by atoms with van der Waals surface area (Å²) in [6, 6.07) is 10.1. The molecule has 0 unspecified atom stereocenters. The van der Waals surface area contributed by atoms with Gasteiger partial charge in [0.1, 0.15) is 16.9 Å². The largest absolute Gasteiger partial charge is 0.469 e. The molecular formula is C24H22N4O2S2. The molecule has 0 N–H and O–H groups in total. The lowest BCUT2D eigenvalue weighted by Gasteiger charge is -2.12. The van der Waals surface area contributed by atoms with E-state index in [9.17, 15) is 4.79 Å². The highest BCUT2D eigenvalue weighted by molar-refractivity contribution is 7.15. The minimum atomic E-state index is -0.477. The van der Waals surface area contributed by atoms with E-state index in [-0.39, 0.29) is 12.4 Å². The van der Waals surface area contributed by atoms with Crippen LogP contribution < -0.4 is 0 Å². The Bertz CT molecular complexity index is 1330. The van der Waals surface area contributed by atoms with Crippen LogP contribution in [-0.2, 0) is 9.53 Å². The van der Waals surface area contributed by atoms with E-state index in [0.29, 0.717) is 5.82 Å². The van der Waals surface area contributed by atoms with Crippen LogP contribution >= 0.6 is 22.7 Å². The van der Waals surface area contributed by atoms with Crippen molar-refractivity contribution in [2.24, 2.45) is 4.99 Å². The molecule has 0 amide bonds. The van der Waals surface area contributed by atoms with Gasteiger partial charge in [0, 0.05) is 16.0 Å². The Kier molecular flexibility index (Phi) is 5.27. The smallest absolute Gasteiger partial charge is 0.308 e. The van der Waals surface area contributed by atoms with Gasteiger partial charge in [-0.2, -0.15) is 11.3 Å². The van der Waals surface area contributed by atoms with Crippen molar-refractivity contribution >= 4 is 34.4 Å². The van der Waals surface area contributed by atoms with E-state index < -0.39 is 6.04 Å². The third kappa shape index (κ3) is 3.40. The van der Waals surface area contributed by atoms with Gasteiger partial charge < -0.3 is 4.74 Å². The van der Waals surface area contributed by atoms with Crippen LogP contribution in [0.3, 0.4) is 0 Å². The van der Waals surface area contributed by atoms with Crippen LogP contribution in [-0.4, -0.2) is 33.6 Å². The van der Waals surface area contributed by atoms with Gasteiger partial charge in [-0.1, -0.05) is 24.3 Å². The first-order valence-electron chi connectivity index (χ1n) is 10.3. The lowest BCUT2D eigenvalue weighted by atomic mass is 9.97. The minimum absolute atomic E-state index is 0.109. The standard InChI is InChI=1S/C24H22N4O2S2/c1-13-14(2)32-24-21(13)22(17-7-5-16(6-8-17)18-9-10-31-12-18)25-19(11-20(29)30-4)23-27-26-15(3)28(23)24/h5-10,12,19H,11H2,1-4H3/t19-/m0/s1. The van der Waals surface area contributed by atoms with Crippen LogP contribution in [0.2, 0.25) is 0 Å². The van der Waals surface area contributed by atoms with Crippen molar-refractivity contribution in [2.75, 3.05) is 7.11 Å². The van der Waals surface area contributed by atoms with Crippen molar-refractivity contribution in [3.63, 3.8) is 0 Å². The molecule has 3 aromatic heterocycles. The average molecular weight is 463 g/mol. The van der Waals surface area contributed by atoms with E-state index in [1.165, 1.54) is 28.7 Å². The zero-order valence-corrected chi connectivity index (χ0v) is 19.9. The number of ether oxygens (including phenoxy) is 1. The first kappa shape index (κ1) is 20.8. The third-order valence-corrected chi connectivity index (χ3v) is 7.72. The van der Waals surface area contributed by atoms with Gasteiger partial charge in [0.15, 0.2) is 5.82 Å². The van der Waals surface area contributed by atoms with Crippen molar-refractivity contribution in [1.82, 2.24) is 14.8 Å². The summed E-state index contributed by atoms with van der Waals surface area (Å²) in [6.45, 7) is 6.18. The number of thiophene rings is 2. The van der Waals surface area contributed by atoms with E-state index in [2.05, 4.69) is 65.1 Å². The summed E-state index contributed by atoms with van der Waals surface area (Å²) in [5.74, 6) is 1.12. The maximum atomic E-state index is 12.2. The van der Waals surface area contributed by atoms with Crippen molar-refractivity contribution in [3.05, 3.63) is 74.3 Å². The molecule has 0 bridgehead atoms. The number of carbonyl (C=O) groups excluding carboxylic acids is 1. The number of hydrogen-bond donors (Lipinski definition) is 0. The van der Waals surface area contributed by atoms with Crippen LogP contribution in [0.25, 0.3) is 16.1 Å². The second-order valence-corrected chi connectivity index (χ2v) is 9.75. The number of rotatable bonds is 4. The summed E-state index contributed by atoms with van der Waals surface area (Å²) in [6.07, 6.45) is 0.109. The van der Waals surface area contributed by atoms with Gasteiger partial charge in [-0.15, -0.1) is 21.5 Å². The number of benzene rings is 1. The van der Waals surface area contributed by atoms with Gasteiger partial charge in [0.05, 0.1) is 19.2 Å². The van der Waals surface area contributed by atoms with Gasteiger partial charge in [-0.05, 0) is 54.3 Å². The molecule has 8 heteroatoms. The molecule has 0 fully saturated rings. The Hall–Kier alpha value is -3.10. The Morgan fingerprint density at radius 1 is 1.06 bits per heavy atom. The number of fused-ring (bicyclic) bond motifs is 3. The van der Waals surface area contributed by atoms with Crippen molar-refractivity contribution in [1.29, 1.82) is 0 Å². The summed E-state index contributed by atoms with van der Waals surface area (Å²) in [4.78, 5) is 18.5. The second kappa shape index (κ2) is 8.11. The topological polar surface area (TPSA) is 69.4 Å². The number of esters is 1. The number of aryl methyl sites for hydroxylation is 2. The van der Waals surface area contributed by atoms with Crippen molar-refractivity contribution in [2.45, 2.75) is 33.2 Å². The highest BCUT2D eigenvalue weighted by atomic mass is 32.1. The molecule has 0 saturated carbocycles. The summed E-state index contributed by atoms with van der Waals surface area (Å²) < 4.78 is 7.00. The second-order valence-electron chi connectivity index (χ2n) is 7.77. The zero-order chi connectivity index (χ0) is 22.4. The molecule has 4 aromatic rings. The Labute approximate surface area is 194 Å². The summed E-state index contributed by atoms with van der Waals surface area (Å²) in [5.41, 5.74) is 6.52. The van der Waals surface area contributed by atoms with Crippen molar-refractivity contribution in [3.8, 4) is 16.1 Å². The predicted octanol–water partition coefficient (Wildman–Crippen LogP) is 5.44. The van der Waals surface area contributed by atoms with Gasteiger partial charge in [0.2, 0.25) is 0 Å². The molecule has 32 heavy (non-hydrogen) atoms. The van der Waals surface area contributed by atoms with Gasteiger partial charge in [0.25, 0.3) is 0 Å². The summed E-state index contributed by atoms with van der Waals surface area (Å²) >= 11 is 3.39. The Morgan fingerprint density at radius 2 is 1.81 bits per heavy atom. The monoisotopic (exact) mass is 462 g/mol. The molecule has 0 spiro atoms. The van der Waals surface area contributed by atoms with Crippen LogP contribution in [0, 0.1) is 20.8 Å². The van der Waals surface area contributed by atoms with Crippen LogP contribution in [0.1, 0.15) is 45.7 Å². The Morgan fingerprint density at radius 3 is 2.50 bits per heavy atom. The molecule has 1 aliphatic heterocycles. The molecule has 162 valence electrons. The van der Waals surface area contributed by atoms with E-state index >= 15 is 0 Å². The molecule has 1 aromatic carbocycles. The molecule has 1 aliphatic rings. The molecule has 0 radical (unpaired) electrons. The van der Waals surface area contributed by atoms with Gasteiger partial charge in [-0.3, -0.25) is 14.4 Å². The highest BCUT2D eigenvalue weighted by Crippen LogP contribution is 2.39. The van der Waals surface area contributed by atoms with E-state index in [0.717, 1.165) is 27.7 Å². The minimum Gasteiger partial charge on any atom is -0.469 e. The fraction of sp³-hybridized carbons (Fsp3) is 0.250. The first-order valence-corrected chi connectivity index (χ1v) is 12.0. The lowest BCUT2D eigenvalue weighted by Crippen LogP contribution is -2.12. The van der Waals surface area contributed by atoms with E-state index in [1.54, 1.807) is 22.7 Å². The number of methoxy groups -OCH3 is 1. The highest BCUT2D eigenvalue weighted by Gasteiger charge is 2.32. The third-order valence-electron chi connectivity index (χ3n) is 5.84. The van der Waals surface area contributed by atoms with E-state index in [4.69, 9.17) is 9.73 Å². The summed E-state index contributed by atoms with van der Waals surface area (Å²) in [7, 11) is 1.40. The maximum absolute atomic E-state index is 12.2. The zero-order valence-electron chi connectivity index (χ0n) is 18.2. The normalized spacial score (nSPS) is 15.0. The quantitative estimate of drug-likeness (QED) is 0.379. The van der Waals surface area contributed by atoms with Crippen LogP contribution in [0.4, 0.5) is 0 Å². The molecular weight excluding hydrogens is 440 g/mol. The number of carbonyl (C=O) groups is 1. The van der Waals surface area contributed by atoms with Crippen LogP contribution in [0.15, 0.2) is 46.1 Å². The fourth-order valence-electron chi connectivity index (χ4n) is 4.02. The molecule has 6 nitrogen and oxygen atoms in total. The van der Waals surface area contributed by atoms with Gasteiger partial charge in [-0.25, -0.2) is 0 Å². The molecule has 4 heterocycles. The first-order chi connectivity index (χ1) is 15.5. The summed E-state index contributed by atoms with van der Waals surface area (Å²) in [5, 5.41) is 14.0. The average Bonchev–Trinajstić information content (AvgIpc) is 3.50. The number of nitrogens with zero attached hydrogens (tertiary/aromatic N) is 4. The van der Waals surface area contributed by atoms with Crippen LogP contribution in [0.5, 0.6) is 0 Å². The molecule has 5 rings (SSSR count). The van der Waals surface area contributed by atoms with Crippen molar-refractivity contribution < 1.29 is 9.53 Å². The van der Waals surface area contributed by atoms with E-state index in [1.807, 2.05) is 11.5 Å².